The van der Waals surface area contributed by atoms with Crippen molar-refractivity contribution in [2.45, 2.75) is 45.4 Å². The minimum absolute atomic E-state index is 0.0563. The van der Waals surface area contributed by atoms with Crippen molar-refractivity contribution in [3.63, 3.8) is 0 Å². The minimum atomic E-state index is -4.74. The second kappa shape index (κ2) is 9.60. The number of pyridine rings is 1. The smallest absolute Gasteiger partial charge is 0.469 e. The van der Waals surface area contributed by atoms with E-state index in [1.165, 1.54) is 13.1 Å². The van der Waals surface area contributed by atoms with Crippen LogP contribution in [0.5, 0.6) is 5.75 Å². The predicted molar refractivity (Wildman–Crippen MR) is 87.2 cm³/mol. The molecule has 0 saturated heterocycles. The first kappa shape index (κ1) is 22.0. The van der Waals surface area contributed by atoms with Crippen molar-refractivity contribution in [2.75, 3.05) is 0 Å². The van der Waals surface area contributed by atoms with Crippen LogP contribution in [0.25, 0.3) is 0 Å². The number of rotatable bonds is 11. The molecule has 26 heavy (non-hydrogen) atoms. The number of nitrogens with zero attached hydrogens (tertiary/aromatic N) is 1. The molecular weight excluding hydrogens is 371 g/mol. The summed E-state index contributed by atoms with van der Waals surface area (Å²) in [5.41, 5.74) is 0.619. The van der Waals surface area contributed by atoms with E-state index in [0.29, 0.717) is 0 Å². The molecule has 1 aromatic heterocycles. The van der Waals surface area contributed by atoms with Gasteiger partial charge in [0.05, 0.1) is 12.3 Å². The van der Waals surface area contributed by atoms with Crippen LogP contribution < -0.4 is 5.32 Å². The van der Waals surface area contributed by atoms with Crippen molar-refractivity contribution in [3.05, 3.63) is 23.0 Å². The number of carbonyl (C=O) groups is 2. The number of phosphoric ester groups is 1. The van der Waals surface area contributed by atoms with Gasteiger partial charge in [-0.2, -0.15) is 0 Å². The number of hydrogen-bond donors (Lipinski definition) is 6. The second-order valence-corrected chi connectivity index (χ2v) is 6.76. The Balaban J connectivity index is 2.88. The molecule has 146 valence electrons. The van der Waals surface area contributed by atoms with Crippen molar-refractivity contribution in [2.24, 2.45) is 0 Å². The third kappa shape index (κ3) is 7.46. The van der Waals surface area contributed by atoms with Gasteiger partial charge >= 0.3 is 19.8 Å². The van der Waals surface area contributed by atoms with Crippen LogP contribution in [0.2, 0.25) is 0 Å². The number of aromatic nitrogens is 1. The van der Waals surface area contributed by atoms with Gasteiger partial charge in [-0.15, -0.1) is 0 Å². The molecule has 1 rings (SSSR count). The standard InChI is InChI=1S/C14H21N2O9P/c1-8-13(19)10(9(5-15-8)7-25-26(22,23)24)6-16-11(14(20)21)3-2-4-12(17)18/h5,11,16,19H,2-4,6-7H2,1H3,(H,17,18)(H,20,21)(H2,22,23,24). The largest absolute Gasteiger partial charge is 0.506 e. The summed E-state index contributed by atoms with van der Waals surface area (Å²) in [5.74, 6) is -2.47. The highest BCUT2D eigenvalue weighted by Gasteiger charge is 2.21. The number of nitrogens with one attached hydrogen (secondary N) is 1. The zero-order valence-electron chi connectivity index (χ0n) is 14.0. The molecule has 0 amide bonds. The highest BCUT2D eigenvalue weighted by molar-refractivity contribution is 7.46. The van der Waals surface area contributed by atoms with E-state index in [4.69, 9.17) is 14.9 Å². The van der Waals surface area contributed by atoms with Gasteiger partial charge in [0.25, 0.3) is 0 Å². The molecular formula is C14H21N2O9P. The van der Waals surface area contributed by atoms with Gasteiger partial charge in [0, 0.05) is 30.3 Å². The molecule has 1 aromatic rings. The van der Waals surface area contributed by atoms with Crippen LogP contribution >= 0.6 is 7.82 Å². The summed E-state index contributed by atoms with van der Waals surface area (Å²) in [7, 11) is -4.74. The molecule has 11 nitrogen and oxygen atoms in total. The third-order valence-electron chi connectivity index (χ3n) is 3.53. The zero-order valence-corrected chi connectivity index (χ0v) is 14.8. The number of carboxylic acid groups (broad SMARTS) is 2. The Hall–Kier alpha value is -2.04. The lowest BCUT2D eigenvalue weighted by Crippen LogP contribution is -2.36. The molecule has 0 aliphatic rings. The van der Waals surface area contributed by atoms with Gasteiger partial charge in [-0.05, 0) is 19.8 Å². The van der Waals surface area contributed by atoms with E-state index < -0.39 is 32.4 Å². The van der Waals surface area contributed by atoms with Crippen molar-refractivity contribution >= 4 is 19.8 Å². The first-order valence-corrected chi connectivity index (χ1v) is 9.08. The fourth-order valence-corrected chi connectivity index (χ4v) is 2.46. The van der Waals surface area contributed by atoms with Gasteiger partial charge in [-0.25, -0.2) is 4.57 Å². The molecule has 0 saturated carbocycles. The zero-order chi connectivity index (χ0) is 19.9. The van der Waals surface area contributed by atoms with Crippen molar-refractivity contribution < 1.29 is 43.8 Å². The average Bonchev–Trinajstić information content (AvgIpc) is 2.51. The lowest BCUT2D eigenvalue weighted by molar-refractivity contribution is -0.141. The number of phosphoric acid groups is 1. The number of aromatic hydroxyl groups is 1. The van der Waals surface area contributed by atoms with E-state index in [1.54, 1.807) is 0 Å². The molecule has 0 radical (unpaired) electrons. The van der Waals surface area contributed by atoms with E-state index in [2.05, 4.69) is 14.8 Å². The topological polar surface area (TPSA) is 187 Å². The Labute approximate surface area is 148 Å². The van der Waals surface area contributed by atoms with Crippen molar-refractivity contribution in [3.8, 4) is 5.75 Å². The van der Waals surface area contributed by atoms with Gasteiger partial charge in [-0.1, -0.05) is 0 Å². The van der Waals surface area contributed by atoms with Crippen LogP contribution in [0.4, 0.5) is 0 Å². The number of hydrogen-bond acceptors (Lipinski definition) is 7. The fraction of sp³-hybridized carbons (Fsp3) is 0.500. The Kier molecular flexibility index (Phi) is 8.12. The van der Waals surface area contributed by atoms with Crippen LogP contribution in [-0.4, -0.2) is 48.1 Å². The Morgan fingerprint density at radius 3 is 2.54 bits per heavy atom. The minimum Gasteiger partial charge on any atom is -0.506 e. The summed E-state index contributed by atoms with van der Waals surface area (Å²) < 4.78 is 15.2. The van der Waals surface area contributed by atoms with Gasteiger partial charge in [0.15, 0.2) is 0 Å². The maximum absolute atomic E-state index is 11.3. The highest BCUT2D eigenvalue weighted by atomic mass is 31.2. The van der Waals surface area contributed by atoms with Crippen LogP contribution in [0, 0.1) is 6.92 Å². The van der Waals surface area contributed by atoms with Crippen LogP contribution in [0.3, 0.4) is 0 Å². The molecule has 1 unspecified atom stereocenters. The van der Waals surface area contributed by atoms with Gasteiger partial charge in [0.1, 0.15) is 11.8 Å². The fourth-order valence-electron chi connectivity index (χ4n) is 2.16. The van der Waals surface area contributed by atoms with Crippen LogP contribution in [0.15, 0.2) is 6.20 Å². The van der Waals surface area contributed by atoms with E-state index >= 15 is 0 Å². The van der Waals surface area contributed by atoms with Crippen LogP contribution in [-0.2, 0) is 31.8 Å². The first-order chi connectivity index (χ1) is 12.0. The first-order valence-electron chi connectivity index (χ1n) is 7.55. The van der Waals surface area contributed by atoms with Gasteiger partial charge in [-0.3, -0.25) is 19.1 Å². The molecule has 0 aliphatic heterocycles. The molecule has 12 heteroatoms. The molecule has 0 spiro atoms. The molecule has 0 fully saturated rings. The summed E-state index contributed by atoms with van der Waals surface area (Å²) in [6.45, 7) is 0.839. The van der Waals surface area contributed by atoms with Gasteiger partial charge < -0.3 is 30.4 Å². The van der Waals surface area contributed by atoms with Gasteiger partial charge in [0.2, 0.25) is 0 Å². The third-order valence-corrected chi connectivity index (χ3v) is 3.99. The summed E-state index contributed by atoms with van der Waals surface area (Å²) in [6.07, 6.45) is 1.30. The summed E-state index contributed by atoms with van der Waals surface area (Å²) >= 11 is 0. The van der Waals surface area contributed by atoms with E-state index in [-0.39, 0.29) is 48.4 Å². The second-order valence-electron chi connectivity index (χ2n) is 5.52. The number of carboxylic acids is 2. The molecule has 0 bridgehead atoms. The summed E-state index contributed by atoms with van der Waals surface area (Å²) in [4.78, 5) is 43.3. The molecule has 1 heterocycles. The van der Waals surface area contributed by atoms with Crippen LogP contribution in [0.1, 0.15) is 36.1 Å². The summed E-state index contributed by atoms with van der Waals surface area (Å²) in [5, 5.41) is 30.6. The SMILES string of the molecule is Cc1ncc(COP(=O)(O)O)c(CNC(CCCC(=O)O)C(=O)O)c1O. The van der Waals surface area contributed by atoms with E-state index in [0.717, 1.165) is 0 Å². The maximum Gasteiger partial charge on any atom is 0.469 e. The highest BCUT2D eigenvalue weighted by Crippen LogP contribution is 2.38. The van der Waals surface area contributed by atoms with E-state index in [1.807, 2.05) is 0 Å². The summed E-state index contributed by atoms with van der Waals surface area (Å²) in [6, 6.07) is -1.06. The van der Waals surface area contributed by atoms with Crippen molar-refractivity contribution in [1.82, 2.24) is 10.3 Å². The number of aryl methyl sites for hydroxylation is 1. The van der Waals surface area contributed by atoms with Crippen molar-refractivity contribution in [1.29, 1.82) is 0 Å². The molecule has 0 aliphatic carbocycles. The average molecular weight is 392 g/mol. The maximum atomic E-state index is 11.3. The Morgan fingerprint density at radius 2 is 2.00 bits per heavy atom. The monoisotopic (exact) mass is 392 g/mol. The lowest BCUT2D eigenvalue weighted by atomic mass is 10.1. The Bertz CT molecular complexity index is 704. The molecule has 6 N–H and O–H groups in total. The predicted octanol–water partition coefficient (Wildman–Crippen LogP) is 0.503. The Morgan fingerprint density at radius 1 is 1.35 bits per heavy atom. The van der Waals surface area contributed by atoms with E-state index in [9.17, 15) is 24.4 Å². The number of aliphatic carboxylic acids is 2. The lowest BCUT2D eigenvalue weighted by Gasteiger charge is -2.17. The normalized spacial score (nSPS) is 12.7. The molecule has 0 aromatic carbocycles. The quantitative estimate of drug-likeness (QED) is 0.288. The molecule has 1 atom stereocenters.